The highest BCUT2D eigenvalue weighted by atomic mass is 35.5. The van der Waals surface area contributed by atoms with Crippen LogP contribution in [0.25, 0.3) is 11.5 Å². The molecule has 0 spiro atoms. The first-order chi connectivity index (χ1) is 9.40. The topological polar surface area (TPSA) is 68.9 Å². The molecule has 0 radical (unpaired) electrons. The van der Waals surface area contributed by atoms with Crippen molar-refractivity contribution in [2.75, 3.05) is 0 Å². The molecule has 0 aliphatic carbocycles. The Labute approximate surface area is 126 Å². The molecule has 5 nitrogen and oxygen atoms in total. The van der Waals surface area contributed by atoms with Gasteiger partial charge in [-0.1, -0.05) is 42.2 Å². The summed E-state index contributed by atoms with van der Waals surface area (Å²) in [6, 6.07) is 1.55. The Hall–Kier alpha value is -1.46. The molecule has 1 unspecified atom stereocenters. The van der Waals surface area contributed by atoms with Crippen LogP contribution in [0.3, 0.4) is 0 Å². The third-order valence-electron chi connectivity index (χ3n) is 2.83. The highest BCUT2D eigenvalue weighted by Crippen LogP contribution is 2.29. The summed E-state index contributed by atoms with van der Waals surface area (Å²) >= 11 is 11.8. The van der Waals surface area contributed by atoms with E-state index in [0.717, 1.165) is 0 Å². The molecule has 0 bridgehead atoms. The van der Waals surface area contributed by atoms with Crippen molar-refractivity contribution in [2.45, 2.75) is 26.7 Å². The molecule has 2 rings (SSSR count). The van der Waals surface area contributed by atoms with Crippen molar-refractivity contribution in [3.05, 3.63) is 28.2 Å². The Balaban J connectivity index is 2.40. The minimum atomic E-state index is -0.428. The molecule has 7 heteroatoms. The van der Waals surface area contributed by atoms with Crippen molar-refractivity contribution >= 4 is 29.0 Å². The lowest BCUT2D eigenvalue weighted by molar-refractivity contribution is -0.119. The normalized spacial score (nSPS) is 12.7. The van der Waals surface area contributed by atoms with Gasteiger partial charge >= 0.3 is 0 Å². The van der Waals surface area contributed by atoms with Gasteiger partial charge in [0.05, 0.1) is 16.0 Å². The average molecular weight is 314 g/mol. The lowest BCUT2D eigenvalue weighted by Gasteiger charge is -2.12. The second-order valence-electron chi connectivity index (χ2n) is 4.77. The standard InChI is InChI=1S/C13H13Cl2N3O2/c1-6(2)10(7(3)19)13-17-12(18-20-13)11-9(15)4-8(14)5-16-11/h4-6,10H,1-3H3. The van der Waals surface area contributed by atoms with E-state index < -0.39 is 5.92 Å². The lowest BCUT2D eigenvalue weighted by Crippen LogP contribution is -2.15. The van der Waals surface area contributed by atoms with Gasteiger partial charge in [0.15, 0.2) is 0 Å². The largest absolute Gasteiger partial charge is 0.338 e. The van der Waals surface area contributed by atoms with Gasteiger partial charge < -0.3 is 4.52 Å². The van der Waals surface area contributed by atoms with Crippen molar-refractivity contribution in [1.29, 1.82) is 0 Å². The number of carbonyl (C=O) groups excluding carboxylic acids is 1. The summed E-state index contributed by atoms with van der Waals surface area (Å²) in [5, 5.41) is 4.58. The number of aromatic nitrogens is 3. The molecule has 0 saturated carbocycles. The predicted molar refractivity (Wildman–Crippen MR) is 75.8 cm³/mol. The molecule has 2 heterocycles. The number of pyridine rings is 1. The van der Waals surface area contributed by atoms with Crippen LogP contribution in [0.1, 0.15) is 32.6 Å². The van der Waals surface area contributed by atoms with Crippen LogP contribution >= 0.6 is 23.2 Å². The maximum absolute atomic E-state index is 11.7. The molecule has 0 saturated heterocycles. The quantitative estimate of drug-likeness (QED) is 0.859. The van der Waals surface area contributed by atoms with E-state index in [4.69, 9.17) is 27.7 Å². The Morgan fingerprint density at radius 3 is 2.60 bits per heavy atom. The van der Waals surface area contributed by atoms with E-state index in [0.29, 0.717) is 15.7 Å². The summed E-state index contributed by atoms with van der Waals surface area (Å²) in [7, 11) is 0. The van der Waals surface area contributed by atoms with Crippen LogP contribution in [0.5, 0.6) is 0 Å². The van der Waals surface area contributed by atoms with Crippen molar-refractivity contribution in [3.63, 3.8) is 0 Å². The molecule has 0 fully saturated rings. The molecule has 2 aromatic rings. The number of nitrogens with zero attached hydrogens (tertiary/aromatic N) is 3. The van der Waals surface area contributed by atoms with E-state index in [2.05, 4.69) is 15.1 Å². The molecular formula is C13H13Cl2N3O2. The smallest absolute Gasteiger partial charge is 0.237 e. The molecule has 0 N–H and O–H groups in total. The fraction of sp³-hybridized carbons (Fsp3) is 0.385. The molecule has 1 atom stereocenters. The Morgan fingerprint density at radius 2 is 2.05 bits per heavy atom. The summed E-state index contributed by atoms with van der Waals surface area (Å²) in [6.07, 6.45) is 1.45. The summed E-state index contributed by atoms with van der Waals surface area (Å²) < 4.78 is 5.18. The van der Waals surface area contributed by atoms with Crippen molar-refractivity contribution in [2.24, 2.45) is 5.92 Å². The number of Topliss-reactive ketones (excluding diaryl/α,β-unsaturated/α-hetero) is 1. The first-order valence-electron chi connectivity index (χ1n) is 6.05. The van der Waals surface area contributed by atoms with Crippen LogP contribution in [-0.2, 0) is 4.79 Å². The zero-order valence-corrected chi connectivity index (χ0v) is 12.7. The molecule has 0 aliphatic heterocycles. The monoisotopic (exact) mass is 313 g/mol. The van der Waals surface area contributed by atoms with Crippen LogP contribution < -0.4 is 0 Å². The Morgan fingerprint density at radius 1 is 1.35 bits per heavy atom. The van der Waals surface area contributed by atoms with Gasteiger partial charge in [-0.05, 0) is 18.9 Å². The van der Waals surface area contributed by atoms with Gasteiger partial charge in [0, 0.05) is 6.20 Å². The van der Waals surface area contributed by atoms with Gasteiger partial charge in [-0.15, -0.1) is 0 Å². The van der Waals surface area contributed by atoms with E-state index >= 15 is 0 Å². The van der Waals surface area contributed by atoms with Gasteiger partial charge in [0.25, 0.3) is 0 Å². The minimum Gasteiger partial charge on any atom is -0.338 e. The van der Waals surface area contributed by atoms with Crippen molar-refractivity contribution < 1.29 is 9.32 Å². The van der Waals surface area contributed by atoms with Crippen LogP contribution in [-0.4, -0.2) is 20.9 Å². The van der Waals surface area contributed by atoms with E-state index in [1.807, 2.05) is 13.8 Å². The Kier molecular flexibility index (Phi) is 4.40. The zero-order valence-electron chi connectivity index (χ0n) is 11.2. The third-order valence-corrected chi connectivity index (χ3v) is 3.33. The molecule has 0 aliphatic rings. The number of hydrogen-bond donors (Lipinski definition) is 0. The van der Waals surface area contributed by atoms with Crippen LogP contribution in [0, 0.1) is 5.92 Å². The van der Waals surface area contributed by atoms with Gasteiger partial charge in [0.1, 0.15) is 11.5 Å². The number of halogens is 2. The van der Waals surface area contributed by atoms with E-state index in [1.54, 1.807) is 6.07 Å². The van der Waals surface area contributed by atoms with Gasteiger partial charge in [-0.25, -0.2) is 4.98 Å². The van der Waals surface area contributed by atoms with E-state index in [-0.39, 0.29) is 23.4 Å². The van der Waals surface area contributed by atoms with E-state index in [9.17, 15) is 4.79 Å². The summed E-state index contributed by atoms with van der Waals surface area (Å²) in [5.41, 5.74) is 0.372. The molecule has 0 aromatic carbocycles. The highest BCUT2D eigenvalue weighted by molar-refractivity contribution is 6.35. The van der Waals surface area contributed by atoms with E-state index in [1.165, 1.54) is 13.1 Å². The molecule has 106 valence electrons. The maximum Gasteiger partial charge on any atom is 0.237 e. The molecule has 0 amide bonds. The first kappa shape index (κ1) is 14.9. The Bertz CT molecular complexity index is 640. The predicted octanol–water partition coefficient (Wildman–Crippen LogP) is 3.77. The van der Waals surface area contributed by atoms with Crippen molar-refractivity contribution in [1.82, 2.24) is 15.1 Å². The number of carbonyl (C=O) groups is 1. The highest BCUT2D eigenvalue weighted by Gasteiger charge is 2.27. The lowest BCUT2D eigenvalue weighted by atomic mass is 9.92. The number of ketones is 1. The molecule has 20 heavy (non-hydrogen) atoms. The average Bonchev–Trinajstić information content (AvgIpc) is 2.76. The first-order valence-corrected chi connectivity index (χ1v) is 6.81. The van der Waals surface area contributed by atoms with Crippen LogP contribution in [0.15, 0.2) is 16.8 Å². The van der Waals surface area contributed by atoms with Crippen LogP contribution in [0.2, 0.25) is 10.0 Å². The second kappa shape index (κ2) is 5.89. The molecular weight excluding hydrogens is 301 g/mol. The van der Waals surface area contributed by atoms with Crippen molar-refractivity contribution in [3.8, 4) is 11.5 Å². The number of hydrogen-bond acceptors (Lipinski definition) is 5. The van der Waals surface area contributed by atoms with Crippen LogP contribution in [0.4, 0.5) is 0 Å². The third kappa shape index (κ3) is 2.99. The van der Waals surface area contributed by atoms with Gasteiger partial charge in [0.2, 0.25) is 11.7 Å². The summed E-state index contributed by atoms with van der Waals surface area (Å²) in [4.78, 5) is 20.0. The maximum atomic E-state index is 11.7. The van der Waals surface area contributed by atoms with Gasteiger partial charge in [-0.2, -0.15) is 4.98 Å². The minimum absolute atomic E-state index is 0.0228. The fourth-order valence-electron chi connectivity index (χ4n) is 1.97. The summed E-state index contributed by atoms with van der Waals surface area (Å²) in [5.74, 6) is 0.131. The number of rotatable bonds is 4. The zero-order chi connectivity index (χ0) is 14.9. The fourth-order valence-corrected chi connectivity index (χ4v) is 2.43. The second-order valence-corrected chi connectivity index (χ2v) is 5.62. The summed E-state index contributed by atoms with van der Waals surface area (Å²) in [6.45, 7) is 5.34. The molecule has 2 aromatic heterocycles. The SMILES string of the molecule is CC(=O)C(c1nc(-c2ncc(Cl)cc2Cl)no1)C(C)C. The van der Waals surface area contributed by atoms with Gasteiger partial charge in [-0.3, -0.25) is 4.79 Å².